The first-order valence-corrected chi connectivity index (χ1v) is 4.17. The average Bonchev–Trinajstić information content (AvgIpc) is 2.05. The first kappa shape index (κ1) is 12.6. The van der Waals surface area contributed by atoms with Crippen LogP contribution in [0.4, 0.5) is 4.79 Å². The van der Waals surface area contributed by atoms with Crippen LogP contribution >= 0.6 is 0 Å². The monoisotopic (exact) mass is 240 g/mol. The largest absolute Gasteiger partial charge is 0.417 e. The Balaban J connectivity index is 0.00000144. The number of piperidine rings is 1. The molecule has 5 heteroatoms. The van der Waals surface area contributed by atoms with E-state index in [4.69, 9.17) is 0 Å². The standard InChI is InChI=1S/C8H13NO3.Ga/c1-7(10)12-8(11)9-5-3-2-4-6-9;/h2-6H2,1H3;. The Kier molecular flexibility index (Phi) is 5.90. The number of esters is 1. The van der Waals surface area contributed by atoms with Gasteiger partial charge < -0.3 is 9.64 Å². The Morgan fingerprint density at radius 3 is 2.15 bits per heavy atom. The summed E-state index contributed by atoms with van der Waals surface area (Å²) >= 11 is 0. The summed E-state index contributed by atoms with van der Waals surface area (Å²) in [4.78, 5) is 23.1. The third-order valence-electron chi connectivity index (χ3n) is 1.85. The SMILES string of the molecule is CC(=O)OC(=O)N1CCCCC1.[Ga]. The van der Waals surface area contributed by atoms with Crippen LogP contribution in [0.1, 0.15) is 26.2 Å². The number of hydrogen-bond donors (Lipinski definition) is 0. The Bertz CT molecular complexity index is 190. The number of amides is 1. The topological polar surface area (TPSA) is 46.6 Å². The Hall–Kier alpha value is -0.424. The van der Waals surface area contributed by atoms with Crippen molar-refractivity contribution in [1.29, 1.82) is 0 Å². The van der Waals surface area contributed by atoms with Crippen LogP contribution in [0.3, 0.4) is 0 Å². The van der Waals surface area contributed by atoms with E-state index in [2.05, 4.69) is 4.74 Å². The molecule has 13 heavy (non-hydrogen) atoms. The average molecular weight is 241 g/mol. The van der Waals surface area contributed by atoms with Crippen LogP contribution in [0, 0.1) is 0 Å². The molecule has 1 aliphatic heterocycles. The number of rotatable bonds is 0. The van der Waals surface area contributed by atoms with Crippen LogP contribution in [0.25, 0.3) is 0 Å². The maximum Gasteiger partial charge on any atom is 0.417 e. The molecular formula is C8H13GaNO3. The molecule has 0 aromatic heterocycles. The van der Waals surface area contributed by atoms with E-state index in [1.54, 1.807) is 4.90 Å². The van der Waals surface area contributed by atoms with Crippen molar-refractivity contribution < 1.29 is 14.3 Å². The van der Waals surface area contributed by atoms with E-state index < -0.39 is 12.1 Å². The number of ether oxygens (including phenoxy) is 1. The molecule has 1 amide bonds. The van der Waals surface area contributed by atoms with Gasteiger partial charge in [0.15, 0.2) is 0 Å². The van der Waals surface area contributed by atoms with Crippen molar-refractivity contribution in [2.75, 3.05) is 13.1 Å². The van der Waals surface area contributed by atoms with Gasteiger partial charge in [0.1, 0.15) is 0 Å². The molecule has 0 aromatic carbocycles. The van der Waals surface area contributed by atoms with E-state index >= 15 is 0 Å². The number of likely N-dealkylation sites (tertiary alicyclic amines) is 1. The molecule has 0 bridgehead atoms. The third-order valence-corrected chi connectivity index (χ3v) is 1.85. The third kappa shape index (κ3) is 4.38. The van der Waals surface area contributed by atoms with E-state index in [0.29, 0.717) is 13.1 Å². The van der Waals surface area contributed by atoms with Crippen molar-refractivity contribution in [2.45, 2.75) is 26.2 Å². The number of carbonyl (C=O) groups is 2. The number of hydrogen-bond acceptors (Lipinski definition) is 3. The van der Waals surface area contributed by atoms with Gasteiger partial charge in [-0.1, -0.05) is 0 Å². The van der Waals surface area contributed by atoms with E-state index in [0.717, 1.165) is 19.3 Å². The molecule has 0 aliphatic carbocycles. The van der Waals surface area contributed by atoms with Crippen molar-refractivity contribution in [3.63, 3.8) is 0 Å². The summed E-state index contributed by atoms with van der Waals surface area (Å²) in [6.45, 7) is 2.67. The van der Waals surface area contributed by atoms with Gasteiger partial charge in [-0.2, -0.15) is 0 Å². The maximum absolute atomic E-state index is 11.1. The van der Waals surface area contributed by atoms with Crippen molar-refractivity contribution in [3.8, 4) is 0 Å². The molecule has 1 fully saturated rings. The second-order valence-electron chi connectivity index (χ2n) is 2.91. The van der Waals surface area contributed by atoms with Crippen molar-refractivity contribution in [3.05, 3.63) is 0 Å². The zero-order chi connectivity index (χ0) is 8.97. The molecule has 1 rings (SSSR count). The van der Waals surface area contributed by atoms with E-state index in [9.17, 15) is 9.59 Å². The summed E-state index contributed by atoms with van der Waals surface area (Å²) in [5, 5.41) is 0. The Labute approximate surface area is 90.7 Å². The zero-order valence-corrected chi connectivity index (χ0v) is 10.2. The Morgan fingerprint density at radius 2 is 1.69 bits per heavy atom. The van der Waals surface area contributed by atoms with Crippen LogP contribution in [-0.4, -0.2) is 49.8 Å². The van der Waals surface area contributed by atoms with Gasteiger partial charge in [0, 0.05) is 39.8 Å². The predicted molar refractivity (Wildman–Crippen MR) is 48.3 cm³/mol. The fourth-order valence-corrected chi connectivity index (χ4v) is 1.26. The fourth-order valence-electron chi connectivity index (χ4n) is 1.26. The first-order valence-electron chi connectivity index (χ1n) is 4.17. The van der Waals surface area contributed by atoms with Gasteiger partial charge in [0.05, 0.1) is 0 Å². The zero-order valence-electron chi connectivity index (χ0n) is 7.78. The quantitative estimate of drug-likeness (QED) is 0.357. The molecule has 71 valence electrons. The summed E-state index contributed by atoms with van der Waals surface area (Å²) in [5.41, 5.74) is 0. The van der Waals surface area contributed by atoms with E-state index in [1.165, 1.54) is 6.92 Å². The van der Waals surface area contributed by atoms with Crippen LogP contribution in [0.2, 0.25) is 0 Å². The summed E-state index contributed by atoms with van der Waals surface area (Å²) in [5.74, 6) is -0.537. The minimum Gasteiger partial charge on any atom is -0.376 e. The molecular weight excluding hydrogens is 228 g/mol. The van der Waals surface area contributed by atoms with Crippen molar-refractivity contribution in [2.24, 2.45) is 0 Å². The molecule has 0 aromatic rings. The molecule has 4 nitrogen and oxygen atoms in total. The fraction of sp³-hybridized carbons (Fsp3) is 0.750. The molecule has 0 unspecified atom stereocenters. The molecule has 0 N–H and O–H groups in total. The van der Waals surface area contributed by atoms with Crippen molar-refractivity contribution in [1.82, 2.24) is 4.90 Å². The van der Waals surface area contributed by atoms with Gasteiger partial charge in [0.25, 0.3) is 0 Å². The molecule has 1 aliphatic rings. The normalized spacial score (nSPS) is 15.9. The molecule has 0 spiro atoms. The van der Waals surface area contributed by atoms with Gasteiger partial charge in [-0.25, -0.2) is 4.79 Å². The minimum absolute atomic E-state index is 0. The number of carbonyl (C=O) groups excluding carboxylic acids is 2. The molecule has 1 saturated heterocycles. The van der Waals surface area contributed by atoms with Gasteiger partial charge >= 0.3 is 12.1 Å². The van der Waals surface area contributed by atoms with Crippen LogP contribution in [0.15, 0.2) is 0 Å². The Morgan fingerprint density at radius 1 is 1.15 bits per heavy atom. The molecule has 0 atom stereocenters. The predicted octanol–water partition coefficient (Wildman–Crippen LogP) is 0.775. The van der Waals surface area contributed by atoms with Gasteiger partial charge in [-0.05, 0) is 19.3 Å². The maximum atomic E-state index is 11.1. The summed E-state index contributed by atoms with van der Waals surface area (Å²) in [7, 11) is 0. The van der Waals surface area contributed by atoms with Gasteiger partial charge in [0.2, 0.25) is 0 Å². The molecule has 3 radical (unpaired) electrons. The van der Waals surface area contributed by atoms with E-state index in [-0.39, 0.29) is 19.8 Å². The van der Waals surface area contributed by atoms with Crippen LogP contribution in [0.5, 0.6) is 0 Å². The second-order valence-corrected chi connectivity index (χ2v) is 2.91. The summed E-state index contributed by atoms with van der Waals surface area (Å²) < 4.78 is 4.44. The second kappa shape index (κ2) is 6.09. The molecule has 0 saturated carbocycles. The van der Waals surface area contributed by atoms with E-state index in [1.807, 2.05) is 0 Å². The van der Waals surface area contributed by atoms with Crippen LogP contribution in [-0.2, 0) is 9.53 Å². The minimum atomic E-state index is -0.537. The first-order chi connectivity index (χ1) is 5.70. The van der Waals surface area contributed by atoms with Crippen LogP contribution < -0.4 is 0 Å². The smallest absolute Gasteiger partial charge is 0.376 e. The number of nitrogens with zero attached hydrogens (tertiary/aromatic N) is 1. The van der Waals surface area contributed by atoms with Gasteiger partial charge in [-0.3, -0.25) is 4.79 Å². The summed E-state index contributed by atoms with van der Waals surface area (Å²) in [6.07, 6.45) is 2.67. The summed E-state index contributed by atoms with van der Waals surface area (Å²) in [6, 6.07) is 0. The molecule has 1 heterocycles. The van der Waals surface area contributed by atoms with Crippen molar-refractivity contribution >= 4 is 31.9 Å². The van der Waals surface area contributed by atoms with Gasteiger partial charge in [-0.15, -0.1) is 0 Å².